The predicted octanol–water partition coefficient (Wildman–Crippen LogP) is 9.19. The minimum Gasteiger partial charge on any atom is -0.0661 e. The first-order chi connectivity index (χ1) is 12.4. The van der Waals surface area contributed by atoms with Gasteiger partial charge in [-0.1, -0.05) is 33.4 Å². The number of hydrogen-bond donors (Lipinski definition) is 0. The second kappa shape index (κ2) is 11.7. The van der Waals surface area contributed by atoms with Crippen molar-refractivity contribution in [3.63, 3.8) is 0 Å². The van der Waals surface area contributed by atoms with Gasteiger partial charge < -0.3 is 0 Å². The zero-order valence-corrected chi connectivity index (χ0v) is 24.3. The van der Waals surface area contributed by atoms with E-state index in [9.17, 15) is 0 Å². The molecule has 0 heterocycles. The zero-order valence-electron chi connectivity index (χ0n) is 20.7. The Morgan fingerprint density at radius 1 is 0.286 bits per heavy atom. The first-order valence-electron chi connectivity index (χ1n) is 10.4. The minimum absolute atomic E-state index is 0. The molecule has 0 N–H and O–H groups in total. The molecule has 0 aromatic rings. The van der Waals surface area contributed by atoms with E-state index >= 15 is 0 Å². The van der Waals surface area contributed by atoms with E-state index in [1.807, 2.05) is 0 Å². The Hall–Kier alpha value is -0.365. The van der Waals surface area contributed by atoms with Crippen molar-refractivity contribution in [3.05, 3.63) is 66.9 Å². The molecular formula is C27H42La. The normalized spacial score (nSPS) is 19.3. The summed E-state index contributed by atoms with van der Waals surface area (Å²) in [6, 6.07) is 0. The van der Waals surface area contributed by atoms with Crippen molar-refractivity contribution in [1.82, 2.24) is 0 Å². The molecule has 0 unspecified atom stereocenters. The molecule has 0 fully saturated rings. The smallest absolute Gasteiger partial charge is 0 e. The summed E-state index contributed by atoms with van der Waals surface area (Å²) >= 11 is 0. The van der Waals surface area contributed by atoms with Gasteiger partial charge in [0.2, 0.25) is 0 Å². The van der Waals surface area contributed by atoms with Crippen LogP contribution in [0.15, 0.2) is 66.9 Å². The van der Waals surface area contributed by atoms with Crippen molar-refractivity contribution in [3.8, 4) is 0 Å². The van der Waals surface area contributed by atoms with Crippen molar-refractivity contribution in [1.29, 1.82) is 0 Å². The standard InChI is InChI=1S/3C9H14.La/c3*1-6-5-7(2)9(4)8(6)3;/h3*5H2,1-4H3;. The summed E-state index contributed by atoms with van der Waals surface area (Å²) in [5.74, 6) is 0. The van der Waals surface area contributed by atoms with Crippen molar-refractivity contribution in [2.24, 2.45) is 0 Å². The van der Waals surface area contributed by atoms with Crippen molar-refractivity contribution in [2.45, 2.75) is 102 Å². The summed E-state index contributed by atoms with van der Waals surface area (Å²) in [4.78, 5) is 0. The number of allylic oxidation sites excluding steroid dienone is 12. The van der Waals surface area contributed by atoms with E-state index in [0.29, 0.717) is 0 Å². The van der Waals surface area contributed by atoms with E-state index in [4.69, 9.17) is 0 Å². The van der Waals surface area contributed by atoms with Crippen LogP contribution in [-0.4, -0.2) is 0 Å². The Morgan fingerprint density at radius 2 is 0.393 bits per heavy atom. The van der Waals surface area contributed by atoms with E-state index in [1.165, 1.54) is 52.7 Å². The fourth-order valence-corrected chi connectivity index (χ4v) is 3.91. The Morgan fingerprint density at radius 3 is 0.429 bits per heavy atom. The molecule has 0 saturated carbocycles. The maximum absolute atomic E-state index is 2.22. The van der Waals surface area contributed by atoms with Gasteiger partial charge in [-0.25, -0.2) is 0 Å². The van der Waals surface area contributed by atoms with Crippen LogP contribution in [0.25, 0.3) is 0 Å². The molecule has 0 aromatic carbocycles. The predicted molar refractivity (Wildman–Crippen MR) is 124 cm³/mol. The molecule has 0 amide bonds. The number of rotatable bonds is 0. The van der Waals surface area contributed by atoms with Gasteiger partial charge in [-0.3, -0.25) is 0 Å². The molecule has 0 spiro atoms. The average molecular weight is 506 g/mol. The van der Waals surface area contributed by atoms with Gasteiger partial charge in [0.05, 0.1) is 0 Å². The van der Waals surface area contributed by atoms with Crippen molar-refractivity contribution in [2.75, 3.05) is 0 Å². The average Bonchev–Trinajstić information content (AvgIpc) is 3.07. The maximum Gasteiger partial charge on any atom is 0 e. The van der Waals surface area contributed by atoms with Crippen molar-refractivity contribution < 1.29 is 35.6 Å². The monoisotopic (exact) mass is 505 g/mol. The Kier molecular flexibility index (Phi) is 11.6. The van der Waals surface area contributed by atoms with Crippen LogP contribution in [0.2, 0.25) is 0 Å². The molecule has 3 aliphatic rings. The van der Waals surface area contributed by atoms with Gasteiger partial charge in [-0.15, -0.1) is 0 Å². The fourth-order valence-electron chi connectivity index (χ4n) is 3.91. The molecule has 0 aromatic heterocycles. The molecule has 1 heteroatoms. The molecule has 1 radical (unpaired) electrons. The largest absolute Gasteiger partial charge is 0.0661 e. The van der Waals surface area contributed by atoms with Crippen LogP contribution in [-0.2, 0) is 0 Å². The zero-order chi connectivity index (χ0) is 21.0. The second-order valence-corrected chi connectivity index (χ2v) is 8.96. The Balaban J connectivity index is 0.000000384. The van der Waals surface area contributed by atoms with Gasteiger partial charge in [0.25, 0.3) is 0 Å². The Labute approximate surface area is 203 Å². The van der Waals surface area contributed by atoms with Gasteiger partial charge in [0, 0.05) is 35.6 Å². The topological polar surface area (TPSA) is 0 Å². The summed E-state index contributed by atoms with van der Waals surface area (Å²) in [5, 5.41) is 0. The fraction of sp³-hybridized carbons (Fsp3) is 0.556. The van der Waals surface area contributed by atoms with E-state index in [-0.39, 0.29) is 35.6 Å². The Bertz CT molecular complexity index is 626. The third kappa shape index (κ3) is 6.86. The van der Waals surface area contributed by atoms with Crippen LogP contribution in [0.3, 0.4) is 0 Å². The summed E-state index contributed by atoms with van der Waals surface area (Å²) in [6.07, 6.45) is 3.62. The third-order valence-electron chi connectivity index (χ3n) is 7.12. The van der Waals surface area contributed by atoms with Gasteiger partial charge >= 0.3 is 0 Å². The van der Waals surface area contributed by atoms with Crippen LogP contribution >= 0.6 is 0 Å². The van der Waals surface area contributed by atoms with Crippen LogP contribution in [0.4, 0.5) is 0 Å². The van der Waals surface area contributed by atoms with E-state index in [0.717, 1.165) is 0 Å². The summed E-state index contributed by atoms with van der Waals surface area (Å²) in [6.45, 7) is 26.6. The first-order valence-corrected chi connectivity index (χ1v) is 10.4. The number of hydrogen-bond acceptors (Lipinski definition) is 0. The molecule has 0 atom stereocenters. The first kappa shape index (κ1) is 27.6. The van der Waals surface area contributed by atoms with Crippen molar-refractivity contribution >= 4 is 0 Å². The SMILES string of the molecule is CC1=C(C)C(C)=C(C)C1.CC1=C(C)C(C)=C(C)C1.CC1=C(C)C(C)=C(C)C1.[La]. The minimum atomic E-state index is 0. The van der Waals surface area contributed by atoms with Crippen LogP contribution in [0, 0.1) is 35.6 Å². The molecule has 0 aliphatic heterocycles. The summed E-state index contributed by atoms with van der Waals surface area (Å²) in [7, 11) is 0. The van der Waals surface area contributed by atoms with Crippen LogP contribution < -0.4 is 0 Å². The van der Waals surface area contributed by atoms with Gasteiger partial charge in [-0.05, 0) is 136 Å². The van der Waals surface area contributed by atoms with Gasteiger partial charge in [-0.2, -0.15) is 0 Å². The van der Waals surface area contributed by atoms with E-state index in [2.05, 4.69) is 83.1 Å². The maximum atomic E-state index is 2.22. The quantitative estimate of drug-likeness (QED) is 0.308. The molecule has 3 rings (SSSR count). The summed E-state index contributed by atoms with van der Waals surface area (Å²) < 4.78 is 0. The second-order valence-electron chi connectivity index (χ2n) is 8.96. The molecule has 153 valence electrons. The molecule has 0 saturated heterocycles. The molecular weight excluding hydrogens is 463 g/mol. The molecule has 28 heavy (non-hydrogen) atoms. The molecule has 3 aliphatic carbocycles. The van der Waals surface area contributed by atoms with Crippen LogP contribution in [0.5, 0.6) is 0 Å². The summed E-state index contributed by atoms with van der Waals surface area (Å²) in [5.41, 5.74) is 18.3. The van der Waals surface area contributed by atoms with Gasteiger partial charge in [0.15, 0.2) is 0 Å². The van der Waals surface area contributed by atoms with Gasteiger partial charge in [0.1, 0.15) is 0 Å². The van der Waals surface area contributed by atoms with E-state index < -0.39 is 0 Å². The third-order valence-corrected chi connectivity index (χ3v) is 7.12. The molecule has 0 bridgehead atoms. The molecule has 0 nitrogen and oxygen atoms in total. The van der Waals surface area contributed by atoms with Crippen LogP contribution in [0.1, 0.15) is 102 Å². The van der Waals surface area contributed by atoms with E-state index in [1.54, 1.807) is 33.4 Å².